The number of esters is 1. The molecule has 0 aromatic heterocycles. The van der Waals surface area contributed by atoms with Crippen molar-refractivity contribution in [2.75, 3.05) is 19.8 Å². The number of aliphatic hydroxyl groups excluding tert-OH is 1. The molecule has 2 aromatic rings. The van der Waals surface area contributed by atoms with Crippen molar-refractivity contribution in [3.8, 4) is 6.07 Å². The quantitative estimate of drug-likeness (QED) is 0.254. The van der Waals surface area contributed by atoms with Crippen LogP contribution in [0.15, 0.2) is 48.0 Å². The minimum absolute atomic E-state index is 0.0814. The van der Waals surface area contributed by atoms with Crippen LogP contribution in [-0.2, 0) is 24.5 Å². The largest absolute Gasteiger partial charge is 0.462 e. The number of carbonyl (C=O) groups is 2. The standard InChI is InChI=1S/C31H33Cl2F2N3O5/c1-30(2,17-8-10-42-11-9-17)14-24-31(16-36,21-7-6-18(32)12-23(21)34)26(20-4-3-5-22(33)27(20)35)28(38-24)29(41)43-15-19(39)13-25(37)40/h3-8,12,19,24,26,28,38-39H,9-11,13-15H2,1-2H3,(H2,37,40)/t19-,24?,26?,28?,31?/m0/s1. The van der Waals surface area contributed by atoms with Crippen molar-refractivity contribution in [1.29, 1.82) is 5.26 Å². The Morgan fingerprint density at radius 2 is 2.05 bits per heavy atom. The predicted octanol–water partition coefficient (Wildman–Crippen LogP) is 4.70. The average molecular weight is 637 g/mol. The molecule has 5 atom stereocenters. The van der Waals surface area contributed by atoms with E-state index in [4.69, 9.17) is 38.4 Å². The number of carbonyl (C=O) groups excluding carboxylic acids is 2. The van der Waals surface area contributed by atoms with E-state index in [9.17, 15) is 20.0 Å². The van der Waals surface area contributed by atoms with Gasteiger partial charge in [0, 0.05) is 22.5 Å². The lowest BCUT2D eigenvalue weighted by atomic mass is 9.61. The van der Waals surface area contributed by atoms with Crippen LogP contribution in [0.4, 0.5) is 8.78 Å². The molecule has 4 N–H and O–H groups in total. The van der Waals surface area contributed by atoms with Crippen LogP contribution in [-0.4, -0.2) is 55.0 Å². The number of ether oxygens (including phenoxy) is 2. The first-order valence-electron chi connectivity index (χ1n) is 13.8. The third kappa shape index (κ3) is 6.71. The highest BCUT2D eigenvalue weighted by Gasteiger charge is 2.62. The van der Waals surface area contributed by atoms with Gasteiger partial charge in [-0.2, -0.15) is 5.26 Å². The molecule has 1 saturated heterocycles. The summed E-state index contributed by atoms with van der Waals surface area (Å²) >= 11 is 12.2. The lowest BCUT2D eigenvalue weighted by Crippen LogP contribution is -2.45. The van der Waals surface area contributed by atoms with E-state index in [-0.39, 0.29) is 27.6 Å². The fourth-order valence-corrected chi connectivity index (χ4v) is 6.60. The number of nitriles is 1. The Morgan fingerprint density at radius 3 is 2.67 bits per heavy atom. The summed E-state index contributed by atoms with van der Waals surface area (Å²) in [6, 6.07) is 8.05. The van der Waals surface area contributed by atoms with E-state index in [1.165, 1.54) is 30.3 Å². The lowest BCUT2D eigenvalue weighted by molar-refractivity contribution is -0.150. The summed E-state index contributed by atoms with van der Waals surface area (Å²) in [6.45, 7) is 4.31. The molecule has 4 rings (SSSR count). The number of nitrogens with one attached hydrogen (secondary N) is 1. The number of halogens is 4. The fourth-order valence-electron chi connectivity index (χ4n) is 6.26. The van der Waals surface area contributed by atoms with Gasteiger partial charge in [-0.05, 0) is 42.0 Å². The smallest absolute Gasteiger partial charge is 0.323 e. The topological polar surface area (TPSA) is 135 Å². The van der Waals surface area contributed by atoms with Crippen molar-refractivity contribution in [3.05, 3.63) is 80.9 Å². The van der Waals surface area contributed by atoms with Crippen molar-refractivity contribution >= 4 is 35.1 Å². The van der Waals surface area contributed by atoms with Crippen molar-refractivity contribution in [2.45, 2.75) is 62.6 Å². The monoisotopic (exact) mass is 635 g/mol. The Balaban J connectivity index is 1.90. The van der Waals surface area contributed by atoms with Crippen LogP contribution in [0, 0.1) is 28.4 Å². The summed E-state index contributed by atoms with van der Waals surface area (Å²) in [7, 11) is 0. The maximum atomic E-state index is 15.9. The molecule has 0 saturated carbocycles. The Kier molecular flexibility index (Phi) is 10.1. The number of rotatable bonds is 10. The molecule has 12 heteroatoms. The SMILES string of the molecule is CC(C)(CC1NC(C(=O)OC[C@@H](O)CC(N)=O)C(c2cccc(Cl)c2F)C1(C#N)c1ccc(Cl)cc1F)C1=CCOCC1. The normalized spacial score (nSPS) is 24.6. The summed E-state index contributed by atoms with van der Waals surface area (Å²) in [5, 5.41) is 24.2. The van der Waals surface area contributed by atoms with Crippen LogP contribution >= 0.6 is 23.2 Å². The summed E-state index contributed by atoms with van der Waals surface area (Å²) < 4.78 is 42.5. The van der Waals surface area contributed by atoms with Gasteiger partial charge in [0.1, 0.15) is 29.7 Å². The molecule has 8 nitrogen and oxygen atoms in total. The second-order valence-electron chi connectivity index (χ2n) is 11.5. The summed E-state index contributed by atoms with van der Waals surface area (Å²) in [4.78, 5) is 24.9. The molecule has 1 amide bonds. The Morgan fingerprint density at radius 1 is 1.30 bits per heavy atom. The maximum Gasteiger partial charge on any atom is 0.323 e. The molecular formula is C31H33Cl2F2N3O5. The first-order valence-corrected chi connectivity index (χ1v) is 14.5. The van der Waals surface area contributed by atoms with Gasteiger partial charge in [0.15, 0.2) is 0 Å². The van der Waals surface area contributed by atoms with Crippen molar-refractivity contribution < 1.29 is 33.0 Å². The minimum Gasteiger partial charge on any atom is -0.462 e. The third-order valence-electron chi connectivity index (χ3n) is 8.29. The van der Waals surface area contributed by atoms with E-state index in [0.717, 1.165) is 11.6 Å². The number of nitrogens with two attached hydrogens (primary N) is 1. The van der Waals surface area contributed by atoms with Crippen molar-refractivity contribution in [3.63, 3.8) is 0 Å². The third-order valence-corrected chi connectivity index (χ3v) is 8.82. The highest BCUT2D eigenvalue weighted by Crippen LogP contribution is 2.54. The van der Waals surface area contributed by atoms with E-state index in [1.54, 1.807) is 0 Å². The molecule has 43 heavy (non-hydrogen) atoms. The van der Waals surface area contributed by atoms with E-state index < -0.39 is 71.5 Å². The Hall–Kier alpha value is -3.07. The molecule has 0 bridgehead atoms. The van der Waals surface area contributed by atoms with Gasteiger partial charge in [0.25, 0.3) is 0 Å². The molecule has 2 heterocycles. The highest BCUT2D eigenvalue weighted by molar-refractivity contribution is 6.31. The Bertz CT molecular complexity index is 1460. The minimum atomic E-state index is -1.86. The van der Waals surface area contributed by atoms with Crippen LogP contribution in [0.25, 0.3) is 0 Å². The van der Waals surface area contributed by atoms with Crippen LogP contribution in [0.2, 0.25) is 10.0 Å². The summed E-state index contributed by atoms with van der Waals surface area (Å²) in [6.07, 6.45) is 1.01. The fraction of sp³-hybridized carbons (Fsp3) is 0.452. The number of primary amides is 1. The zero-order valence-corrected chi connectivity index (χ0v) is 25.2. The molecule has 2 aliphatic rings. The number of benzene rings is 2. The van der Waals surface area contributed by atoms with Crippen LogP contribution in [0.3, 0.4) is 0 Å². The maximum absolute atomic E-state index is 15.9. The van der Waals surface area contributed by atoms with Gasteiger partial charge >= 0.3 is 5.97 Å². The van der Waals surface area contributed by atoms with Crippen LogP contribution in [0.5, 0.6) is 0 Å². The number of amides is 1. The number of nitrogens with zero attached hydrogens (tertiary/aromatic N) is 1. The molecule has 4 unspecified atom stereocenters. The zero-order chi connectivity index (χ0) is 31.5. The zero-order valence-electron chi connectivity index (χ0n) is 23.7. The van der Waals surface area contributed by atoms with Gasteiger partial charge in [0.2, 0.25) is 5.91 Å². The molecular weight excluding hydrogens is 603 g/mol. The second-order valence-corrected chi connectivity index (χ2v) is 12.4. The van der Waals surface area contributed by atoms with E-state index >= 15 is 8.78 Å². The van der Waals surface area contributed by atoms with Gasteiger partial charge in [-0.3, -0.25) is 14.9 Å². The van der Waals surface area contributed by atoms with Gasteiger partial charge in [-0.1, -0.05) is 66.9 Å². The lowest BCUT2D eigenvalue weighted by Gasteiger charge is -2.39. The molecule has 230 valence electrons. The molecule has 1 fully saturated rings. The van der Waals surface area contributed by atoms with Crippen molar-refractivity contribution in [2.24, 2.45) is 11.1 Å². The van der Waals surface area contributed by atoms with E-state index in [2.05, 4.69) is 11.4 Å². The molecule has 2 aliphatic heterocycles. The van der Waals surface area contributed by atoms with E-state index in [1.807, 2.05) is 19.9 Å². The number of hydrogen-bond acceptors (Lipinski definition) is 7. The highest BCUT2D eigenvalue weighted by atomic mass is 35.5. The van der Waals surface area contributed by atoms with Crippen LogP contribution < -0.4 is 11.1 Å². The molecule has 0 radical (unpaired) electrons. The number of aliphatic hydroxyl groups is 1. The number of hydrogen-bond donors (Lipinski definition) is 3. The van der Waals surface area contributed by atoms with Gasteiger partial charge in [-0.15, -0.1) is 0 Å². The molecule has 0 spiro atoms. The van der Waals surface area contributed by atoms with Gasteiger partial charge in [-0.25, -0.2) is 8.78 Å². The first-order chi connectivity index (χ1) is 20.3. The predicted molar refractivity (Wildman–Crippen MR) is 156 cm³/mol. The van der Waals surface area contributed by atoms with Crippen LogP contribution in [0.1, 0.15) is 50.2 Å². The van der Waals surface area contributed by atoms with Crippen molar-refractivity contribution in [1.82, 2.24) is 5.32 Å². The summed E-state index contributed by atoms with van der Waals surface area (Å²) in [5.74, 6) is -4.75. The molecule has 0 aliphatic carbocycles. The molecule has 2 aromatic carbocycles. The second kappa shape index (κ2) is 13.3. The van der Waals surface area contributed by atoms with Gasteiger partial charge in [0.05, 0.1) is 36.8 Å². The average Bonchev–Trinajstić information content (AvgIpc) is 3.27. The summed E-state index contributed by atoms with van der Waals surface area (Å²) in [5.41, 5.74) is 3.60. The Labute approximate surface area is 258 Å². The van der Waals surface area contributed by atoms with E-state index in [0.29, 0.717) is 19.6 Å². The first kappa shape index (κ1) is 32.8. The van der Waals surface area contributed by atoms with Gasteiger partial charge < -0.3 is 20.3 Å².